The molecule has 1 aliphatic rings. The maximum atomic E-state index is 10.2. The Morgan fingerprint density at radius 2 is 1.79 bits per heavy atom. The topological polar surface area (TPSA) is 99.4 Å². The molecule has 4 N–H and O–H groups in total. The molecule has 1 aromatic carbocycles. The fourth-order valence-electron chi connectivity index (χ4n) is 2.74. The smallest absolute Gasteiger partial charge is 0.161 e. The van der Waals surface area contributed by atoms with Crippen molar-refractivity contribution in [2.45, 2.75) is 57.0 Å². The molecule has 0 unspecified atom stereocenters. The highest BCUT2D eigenvalue weighted by Gasteiger charge is 2.45. The minimum atomic E-state index is -1.43. The highest BCUT2D eigenvalue weighted by molar-refractivity contribution is 5.43. The third kappa shape index (κ3) is 4.46. The van der Waals surface area contributed by atoms with Gasteiger partial charge in [0.2, 0.25) is 0 Å². The van der Waals surface area contributed by atoms with E-state index in [0.29, 0.717) is 17.9 Å². The molecule has 6 heteroatoms. The maximum absolute atomic E-state index is 10.2. The molecule has 2 rings (SSSR count). The molecule has 0 aliphatic carbocycles. The predicted octanol–water partition coefficient (Wildman–Crippen LogP) is 1.000. The van der Waals surface area contributed by atoms with E-state index in [-0.39, 0.29) is 6.10 Å². The summed E-state index contributed by atoms with van der Waals surface area (Å²) in [6.45, 7) is 2.23. The molecule has 1 saturated heterocycles. The van der Waals surface area contributed by atoms with Gasteiger partial charge in [0, 0.05) is 5.56 Å². The van der Waals surface area contributed by atoms with Crippen LogP contribution in [0.2, 0.25) is 0 Å². The van der Waals surface area contributed by atoms with Crippen LogP contribution in [-0.4, -0.2) is 58.1 Å². The van der Waals surface area contributed by atoms with Gasteiger partial charge in [-0.15, -0.1) is 0 Å². The molecule has 0 aromatic heterocycles. The zero-order valence-electron chi connectivity index (χ0n) is 14.0. The van der Waals surface area contributed by atoms with Crippen molar-refractivity contribution < 1.29 is 29.9 Å². The Morgan fingerprint density at radius 3 is 2.50 bits per heavy atom. The lowest BCUT2D eigenvalue weighted by Gasteiger charge is -2.39. The number of para-hydroxylation sites is 1. The molecule has 0 bridgehead atoms. The molecular weight excluding hydrogens is 312 g/mol. The van der Waals surface area contributed by atoms with E-state index in [1.165, 1.54) is 0 Å². The largest absolute Gasteiger partial charge is 0.493 e. The van der Waals surface area contributed by atoms with Crippen LogP contribution in [0.1, 0.15) is 38.2 Å². The SMILES string of the molecule is CCCCCCOc1ccccc1[C]1O[C@H](CO)[C@@H](O)[C@H](O)[C@H]1O. The first kappa shape index (κ1) is 19.1. The van der Waals surface area contributed by atoms with Crippen molar-refractivity contribution in [3.8, 4) is 5.75 Å². The molecule has 1 heterocycles. The average molecular weight is 339 g/mol. The van der Waals surface area contributed by atoms with Crippen molar-refractivity contribution >= 4 is 0 Å². The van der Waals surface area contributed by atoms with Crippen LogP contribution in [0.25, 0.3) is 0 Å². The van der Waals surface area contributed by atoms with Gasteiger partial charge in [0.15, 0.2) is 6.10 Å². The summed E-state index contributed by atoms with van der Waals surface area (Å²) >= 11 is 0. The highest BCUT2D eigenvalue weighted by atomic mass is 16.5. The van der Waals surface area contributed by atoms with Gasteiger partial charge in [-0.3, -0.25) is 0 Å². The van der Waals surface area contributed by atoms with Crippen molar-refractivity contribution in [3.05, 3.63) is 35.9 Å². The Labute approximate surface area is 142 Å². The maximum Gasteiger partial charge on any atom is 0.161 e. The minimum Gasteiger partial charge on any atom is -0.493 e. The summed E-state index contributed by atoms with van der Waals surface area (Å²) in [6.07, 6.45) is -0.712. The van der Waals surface area contributed by atoms with Gasteiger partial charge >= 0.3 is 0 Å². The second-order valence-corrected chi connectivity index (χ2v) is 6.03. The van der Waals surface area contributed by atoms with Crippen molar-refractivity contribution in [2.75, 3.05) is 13.2 Å². The summed E-state index contributed by atoms with van der Waals surface area (Å²) in [4.78, 5) is 0. The third-order valence-electron chi connectivity index (χ3n) is 4.19. The van der Waals surface area contributed by atoms with Crippen LogP contribution in [0.3, 0.4) is 0 Å². The number of unbranched alkanes of at least 4 members (excludes halogenated alkanes) is 3. The lowest BCUT2D eigenvalue weighted by molar-refractivity contribution is -0.184. The molecule has 0 spiro atoms. The molecule has 1 aliphatic heterocycles. The summed E-state index contributed by atoms with van der Waals surface area (Å²) in [5.74, 6) is 0.545. The molecule has 1 fully saturated rings. The molecule has 1 radical (unpaired) electrons. The quantitative estimate of drug-likeness (QED) is 0.527. The lowest BCUT2D eigenvalue weighted by atomic mass is 9.91. The molecule has 6 nitrogen and oxygen atoms in total. The Balaban J connectivity index is 2.09. The van der Waals surface area contributed by atoms with Crippen LogP contribution in [-0.2, 0) is 4.74 Å². The third-order valence-corrected chi connectivity index (χ3v) is 4.19. The van der Waals surface area contributed by atoms with E-state index in [0.717, 1.165) is 25.7 Å². The molecule has 0 saturated carbocycles. The van der Waals surface area contributed by atoms with Gasteiger partial charge in [0.1, 0.15) is 30.2 Å². The summed E-state index contributed by atoms with van der Waals surface area (Å²) in [6, 6.07) is 7.07. The Kier molecular flexibility index (Phi) is 7.45. The molecule has 0 amide bonds. The first-order valence-corrected chi connectivity index (χ1v) is 8.50. The number of rotatable bonds is 8. The van der Waals surface area contributed by atoms with Crippen LogP contribution >= 0.6 is 0 Å². The van der Waals surface area contributed by atoms with E-state index in [4.69, 9.17) is 9.47 Å². The second kappa shape index (κ2) is 9.34. The molecule has 135 valence electrons. The first-order valence-electron chi connectivity index (χ1n) is 8.50. The minimum absolute atomic E-state index is 0.107. The van der Waals surface area contributed by atoms with E-state index < -0.39 is 31.0 Å². The fraction of sp³-hybridized carbons (Fsp3) is 0.611. The summed E-state index contributed by atoms with van der Waals surface area (Å²) in [7, 11) is 0. The van der Waals surface area contributed by atoms with Gasteiger partial charge < -0.3 is 29.9 Å². The van der Waals surface area contributed by atoms with Crippen LogP contribution in [0.4, 0.5) is 0 Å². The molecule has 24 heavy (non-hydrogen) atoms. The summed E-state index contributed by atoms with van der Waals surface area (Å²) in [5.41, 5.74) is 0.518. The van der Waals surface area contributed by atoms with E-state index >= 15 is 0 Å². The molecular formula is C18H27O6. The van der Waals surface area contributed by atoms with Crippen LogP contribution < -0.4 is 4.74 Å². The zero-order chi connectivity index (χ0) is 17.5. The van der Waals surface area contributed by atoms with Crippen molar-refractivity contribution in [3.63, 3.8) is 0 Å². The molecule has 1 aromatic rings. The standard InChI is InChI=1S/C18H27O6/c1-2-3-4-7-10-23-13-9-6-5-8-12(13)18-17(22)16(21)15(20)14(11-19)24-18/h5-6,8-9,14-17,19-22H,2-4,7,10-11H2,1H3/t14-,15-,16+,17-/m1/s1. The Hall–Kier alpha value is -1.18. The first-order chi connectivity index (χ1) is 11.6. The Bertz CT molecular complexity index is 492. The monoisotopic (exact) mass is 339 g/mol. The number of aliphatic hydroxyl groups is 4. The van der Waals surface area contributed by atoms with Gasteiger partial charge in [-0.05, 0) is 12.5 Å². The van der Waals surface area contributed by atoms with Crippen molar-refractivity contribution in [2.24, 2.45) is 0 Å². The number of hydrogen-bond acceptors (Lipinski definition) is 6. The van der Waals surface area contributed by atoms with Gasteiger partial charge in [0.05, 0.1) is 13.2 Å². The van der Waals surface area contributed by atoms with E-state index in [1.54, 1.807) is 18.2 Å². The lowest BCUT2D eigenvalue weighted by Crippen LogP contribution is -2.55. The summed E-state index contributed by atoms with van der Waals surface area (Å²) < 4.78 is 11.3. The normalized spacial score (nSPS) is 28.0. The van der Waals surface area contributed by atoms with Gasteiger partial charge in [-0.25, -0.2) is 0 Å². The zero-order valence-corrected chi connectivity index (χ0v) is 14.0. The van der Waals surface area contributed by atoms with Crippen LogP contribution in [0, 0.1) is 6.10 Å². The number of benzene rings is 1. The molecule has 4 atom stereocenters. The number of ether oxygens (including phenoxy) is 2. The average Bonchev–Trinajstić information content (AvgIpc) is 2.60. The van der Waals surface area contributed by atoms with Gasteiger partial charge in [0.25, 0.3) is 0 Å². The Morgan fingerprint density at radius 1 is 1.04 bits per heavy atom. The van der Waals surface area contributed by atoms with E-state index in [1.807, 2.05) is 6.07 Å². The summed E-state index contributed by atoms with van der Waals surface area (Å²) in [5, 5.41) is 39.3. The van der Waals surface area contributed by atoms with Crippen molar-refractivity contribution in [1.29, 1.82) is 0 Å². The highest BCUT2D eigenvalue weighted by Crippen LogP contribution is 2.36. The van der Waals surface area contributed by atoms with E-state index in [2.05, 4.69) is 6.92 Å². The van der Waals surface area contributed by atoms with Gasteiger partial charge in [-0.1, -0.05) is 44.4 Å². The number of hydrogen-bond donors (Lipinski definition) is 4. The number of aliphatic hydroxyl groups excluding tert-OH is 4. The predicted molar refractivity (Wildman–Crippen MR) is 88.4 cm³/mol. The van der Waals surface area contributed by atoms with Gasteiger partial charge in [-0.2, -0.15) is 0 Å². The second-order valence-electron chi connectivity index (χ2n) is 6.03. The van der Waals surface area contributed by atoms with Crippen molar-refractivity contribution in [1.82, 2.24) is 0 Å². The fourth-order valence-corrected chi connectivity index (χ4v) is 2.74. The van der Waals surface area contributed by atoms with Crippen LogP contribution in [0.5, 0.6) is 5.75 Å². The van der Waals surface area contributed by atoms with Crippen LogP contribution in [0.15, 0.2) is 24.3 Å². The van der Waals surface area contributed by atoms with E-state index in [9.17, 15) is 20.4 Å².